The largest absolute Gasteiger partial charge is 0.356 e. The topological polar surface area (TPSA) is 104 Å². The Labute approximate surface area is 171 Å². The number of sulfonamides is 1. The second kappa shape index (κ2) is 9.67. The van der Waals surface area contributed by atoms with E-state index in [-0.39, 0.29) is 29.7 Å². The van der Waals surface area contributed by atoms with Crippen LogP contribution in [0, 0.1) is 0 Å². The van der Waals surface area contributed by atoms with Gasteiger partial charge in [-0.05, 0) is 48.6 Å². The molecule has 1 aliphatic heterocycles. The number of carbonyl (C=O) groups excluding carboxylic acids is 2. The average Bonchev–Trinajstić information content (AvgIpc) is 2.88. The van der Waals surface area contributed by atoms with E-state index in [1.54, 1.807) is 12.1 Å². The van der Waals surface area contributed by atoms with E-state index in [2.05, 4.69) is 15.4 Å². The van der Waals surface area contributed by atoms with Crippen molar-refractivity contribution >= 4 is 27.5 Å². The van der Waals surface area contributed by atoms with Crippen LogP contribution < -0.4 is 15.4 Å². The van der Waals surface area contributed by atoms with Crippen molar-refractivity contribution in [3.63, 3.8) is 0 Å². The molecule has 0 spiro atoms. The second-order valence-corrected chi connectivity index (χ2v) is 8.72. The minimum Gasteiger partial charge on any atom is -0.356 e. The lowest BCUT2D eigenvalue weighted by Gasteiger charge is -2.11. The summed E-state index contributed by atoms with van der Waals surface area (Å²) in [7, 11) is -3.72. The Morgan fingerprint density at radius 2 is 1.83 bits per heavy atom. The third-order valence-electron chi connectivity index (χ3n) is 4.73. The van der Waals surface area contributed by atoms with Gasteiger partial charge in [0.1, 0.15) is 0 Å². The predicted octanol–water partition coefficient (Wildman–Crippen LogP) is 1.99. The number of aryl methyl sites for hydroxylation is 1. The highest BCUT2D eigenvalue weighted by atomic mass is 32.2. The fraction of sp³-hybridized carbons (Fsp3) is 0.333. The van der Waals surface area contributed by atoms with Gasteiger partial charge in [0.2, 0.25) is 21.8 Å². The second-order valence-electron chi connectivity index (χ2n) is 6.95. The third kappa shape index (κ3) is 6.13. The highest BCUT2D eigenvalue weighted by Crippen LogP contribution is 2.25. The molecular weight excluding hydrogens is 390 g/mol. The van der Waals surface area contributed by atoms with E-state index in [1.165, 1.54) is 6.07 Å². The van der Waals surface area contributed by atoms with E-state index in [1.807, 2.05) is 30.3 Å². The van der Waals surface area contributed by atoms with E-state index in [9.17, 15) is 18.0 Å². The molecule has 0 fully saturated rings. The number of nitrogens with one attached hydrogen (secondary N) is 3. The normalized spacial score (nSPS) is 13.9. The summed E-state index contributed by atoms with van der Waals surface area (Å²) in [5.41, 5.74) is 2.59. The quantitative estimate of drug-likeness (QED) is 0.613. The van der Waals surface area contributed by atoms with Gasteiger partial charge in [-0.2, -0.15) is 0 Å². The number of rotatable bonds is 8. The van der Waals surface area contributed by atoms with Gasteiger partial charge >= 0.3 is 0 Å². The van der Waals surface area contributed by atoms with Gasteiger partial charge in [0.25, 0.3) is 0 Å². The number of benzene rings is 2. The van der Waals surface area contributed by atoms with Crippen molar-refractivity contribution in [1.29, 1.82) is 0 Å². The van der Waals surface area contributed by atoms with Crippen molar-refractivity contribution < 1.29 is 18.0 Å². The predicted molar refractivity (Wildman–Crippen MR) is 111 cm³/mol. The molecule has 154 valence electrons. The molecule has 0 saturated carbocycles. The Bertz CT molecular complexity index is 975. The Hall–Kier alpha value is -2.71. The maximum Gasteiger partial charge on any atom is 0.240 e. The first-order valence-electron chi connectivity index (χ1n) is 9.67. The molecule has 1 aliphatic rings. The molecule has 8 heteroatoms. The molecule has 0 bridgehead atoms. The lowest BCUT2D eigenvalue weighted by atomic mass is 10.1. The smallest absolute Gasteiger partial charge is 0.240 e. The molecule has 0 aromatic heterocycles. The van der Waals surface area contributed by atoms with Crippen LogP contribution in [0.2, 0.25) is 0 Å². The summed E-state index contributed by atoms with van der Waals surface area (Å²) in [6, 6.07) is 14.5. The van der Waals surface area contributed by atoms with Crippen LogP contribution in [0.3, 0.4) is 0 Å². The van der Waals surface area contributed by atoms with Crippen LogP contribution in [-0.2, 0) is 32.5 Å². The molecule has 0 atom stereocenters. The average molecular weight is 416 g/mol. The summed E-state index contributed by atoms with van der Waals surface area (Å²) < 4.78 is 27.5. The molecule has 2 aromatic carbocycles. The molecule has 3 N–H and O–H groups in total. The fourth-order valence-electron chi connectivity index (χ4n) is 3.18. The van der Waals surface area contributed by atoms with Crippen LogP contribution in [-0.4, -0.2) is 33.3 Å². The van der Waals surface area contributed by atoms with Crippen molar-refractivity contribution in [2.24, 2.45) is 0 Å². The lowest BCUT2D eigenvalue weighted by molar-refractivity contribution is -0.121. The number of amides is 2. The van der Waals surface area contributed by atoms with E-state index >= 15 is 0 Å². The van der Waals surface area contributed by atoms with Crippen molar-refractivity contribution in [3.8, 4) is 0 Å². The number of hydrogen-bond donors (Lipinski definition) is 3. The van der Waals surface area contributed by atoms with E-state index in [4.69, 9.17) is 0 Å². The van der Waals surface area contributed by atoms with Gasteiger partial charge in [0.05, 0.1) is 4.90 Å². The summed E-state index contributed by atoms with van der Waals surface area (Å²) in [4.78, 5) is 23.7. The molecule has 0 saturated heterocycles. The number of anilines is 1. The Morgan fingerprint density at radius 1 is 1.03 bits per heavy atom. The Kier molecular flexibility index (Phi) is 7.00. The SMILES string of the molecule is O=C(CCNS(=O)(=O)c1ccc2c(c1)CCCC(=O)N2)NCCc1ccccc1. The minimum atomic E-state index is -3.72. The van der Waals surface area contributed by atoms with E-state index in [0.717, 1.165) is 17.5 Å². The van der Waals surface area contributed by atoms with E-state index in [0.29, 0.717) is 31.5 Å². The van der Waals surface area contributed by atoms with Crippen LogP contribution >= 0.6 is 0 Å². The highest BCUT2D eigenvalue weighted by molar-refractivity contribution is 7.89. The molecule has 1 heterocycles. The van der Waals surface area contributed by atoms with Crippen molar-refractivity contribution in [2.45, 2.75) is 37.0 Å². The summed E-state index contributed by atoms with van der Waals surface area (Å²) in [5, 5.41) is 5.58. The van der Waals surface area contributed by atoms with Crippen LogP contribution in [0.25, 0.3) is 0 Å². The molecule has 29 heavy (non-hydrogen) atoms. The molecule has 2 aromatic rings. The monoisotopic (exact) mass is 415 g/mol. The van der Waals surface area contributed by atoms with Crippen molar-refractivity contribution in [3.05, 3.63) is 59.7 Å². The van der Waals surface area contributed by atoms with Crippen molar-refractivity contribution in [1.82, 2.24) is 10.0 Å². The summed E-state index contributed by atoms with van der Waals surface area (Å²) in [6.07, 6.45) is 2.54. The molecule has 3 rings (SSSR count). The molecule has 0 aliphatic carbocycles. The maximum atomic E-state index is 12.5. The fourth-order valence-corrected chi connectivity index (χ4v) is 4.26. The first kappa shape index (κ1) is 21.0. The van der Waals surface area contributed by atoms with Crippen LogP contribution in [0.15, 0.2) is 53.4 Å². The lowest BCUT2D eigenvalue weighted by Crippen LogP contribution is -2.31. The summed E-state index contributed by atoms with van der Waals surface area (Å²) in [5.74, 6) is -0.260. The third-order valence-corrected chi connectivity index (χ3v) is 6.19. The molecule has 0 radical (unpaired) electrons. The van der Waals surface area contributed by atoms with Gasteiger partial charge in [0.15, 0.2) is 0 Å². The number of hydrogen-bond acceptors (Lipinski definition) is 4. The van der Waals surface area contributed by atoms with Gasteiger partial charge in [-0.25, -0.2) is 13.1 Å². The zero-order chi connectivity index (χ0) is 20.7. The zero-order valence-electron chi connectivity index (χ0n) is 16.1. The highest BCUT2D eigenvalue weighted by Gasteiger charge is 2.19. The van der Waals surface area contributed by atoms with Crippen molar-refractivity contribution in [2.75, 3.05) is 18.4 Å². The van der Waals surface area contributed by atoms with Crippen LogP contribution in [0.1, 0.15) is 30.4 Å². The van der Waals surface area contributed by atoms with Gasteiger partial charge in [-0.15, -0.1) is 0 Å². The Balaban J connectivity index is 1.48. The standard InChI is InChI=1S/C21H25N3O4S/c25-20(22-13-11-16-5-2-1-3-6-16)12-14-23-29(27,28)18-9-10-19-17(15-18)7-4-8-21(26)24-19/h1-3,5-6,9-10,15,23H,4,7-8,11-14H2,(H,22,25)(H,24,26). The van der Waals surface area contributed by atoms with Gasteiger partial charge in [0, 0.05) is 31.6 Å². The van der Waals surface area contributed by atoms with Gasteiger partial charge in [-0.1, -0.05) is 30.3 Å². The minimum absolute atomic E-state index is 0.0212. The first-order valence-corrected chi connectivity index (χ1v) is 11.2. The van der Waals surface area contributed by atoms with Gasteiger partial charge in [-0.3, -0.25) is 9.59 Å². The zero-order valence-corrected chi connectivity index (χ0v) is 16.9. The molecule has 7 nitrogen and oxygen atoms in total. The maximum absolute atomic E-state index is 12.5. The van der Waals surface area contributed by atoms with Gasteiger partial charge < -0.3 is 10.6 Å². The van der Waals surface area contributed by atoms with Crippen LogP contribution in [0.4, 0.5) is 5.69 Å². The number of carbonyl (C=O) groups is 2. The molecular formula is C21H25N3O4S. The van der Waals surface area contributed by atoms with Crippen LogP contribution in [0.5, 0.6) is 0 Å². The summed E-state index contributed by atoms with van der Waals surface area (Å²) in [6.45, 7) is 0.527. The molecule has 2 amide bonds. The summed E-state index contributed by atoms with van der Waals surface area (Å²) >= 11 is 0. The number of fused-ring (bicyclic) bond motifs is 1. The first-order chi connectivity index (χ1) is 13.9. The van der Waals surface area contributed by atoms with E-state index < -0.39 is 10.0 Å². The molecule has 0 unspecified atom stereocenters. The Morgan fingerprint density at radius 3 is 2.62 bits per heavy atom.